The molecule has 110 valence electrons. The molecule has 5 heteroatoms. The van der Waals surface area contributed by atoms with Crippen molar-refractivity contribution in [3.63, 3.8) is 0 Å². The Morgan fingerprint density at radius 2 is 2.05 bits per heavy atom. The zero-order valence-electron chi connectivity index (χ0n) is 12.9. The molecular formula is C15H24N4S. The van der Waals surface area contributed by atoms with E-state index in [-0.39, 0.29) is 0 Å². The van der Waals surface area contributed by atoms with E-state index in [9.17, 15) is 0 Å². The summed E-state index contributed by atoms with van der Waals surface area (Å²) in [5, 5.41) is 7.98. The zero-order chi connectivity index (χ0) is 14.5. The number of aryl methyl sites for hydroxylation is 3. The molecule has 0 aliphatic heterocycles. The summed E-state index contributed by atoms with van der Waals surface area (Å²) in [5.74, 6) is 2.03. The van der Waals surface area contributed by atoms with Gasteiger partial charge in [0.1, 0.15) is 5.82 Å². The minimum absolute atomic E-state index is 0.838. The third kappa shape index (κ3) is 3.46. The number of hydrogen-bond acceptors (Lipinski definition) is 4. The summed E-state index contributed by atoms with van der Waals surface area (Å²) < 4.78 is 2.06. The number of thiophene rings is 1. The van der Waals surface area contributed by atoms with E-state index in [1.807, 2.05) is 11.3 Å². The number of nitrogens with one attached hydrogen (secondary N) is 1. The second kappa shape index (κ2) is 6.99. The molecule has 0 amide bonds. The van der Waals surface area contributed by atoms with Crippen LogP contribution in [0.1, 0.15) is 47.7 Å². The summed E-state index contributed by atoms with van der Waals surface area (Å²) in [5.41, 5.74) is 1.37. The summed E-state index contributed by atoms with van der Waals surface area (Å²) in [6.07, 6.45) is 1.83. The van der Waals surface area contributed by atoms with Crippen molar-refractivity contribution in [3.8, 4) is 0 Å². The third-order valence-corrected chi connectivity index (χ3v) is 4.46. The van der Waals surface area contributed by atoms with E-state index in [0.717, 1.165) is 44.1 Å². The number of aromatic nitrogens is 3. The highest BCUT2D eigenvalue weighted by molar-refractivity contribution is 7.12. The molecule has 0 spiro atoms. The van der Waals surface area contributed by atoms with Crippen LogP contribution in [-0.2, 0) is 25.9 Å². The first-order valence-electron chi connectivity index (χ1n) is 7.39. The van der Waals surface area contributed by atoms with Crippen molar-refractivity contribution in [1.29, 1.82) is 0 Å². The van der Waals surface area contributed by atoms with Crippen LogP contribution in [0.2, 0.25) is 0 Å². The van der Waals surface area contributed by atoms with E-state index in [0.29, 0.717) is 0 Å². The molecule has 2 aromatic heterocycles. The van der Waals surface area contributed by atoms with Crippen LogP contribution in [0.15, 0.2) is 6.07 Å². The highest BCUT2D eigenvalue weighted by atomic mass is 32.1. The molecular weight excluding hydrogens is 268 g/mol. The van der Waals surface area contributed by atoms with Crippen LogP contribution in [0.4, 0.5) is 0 Å². The number of nitrogens with zero attached hydrogens (tertiary/aromatic N) is 3. The second-order valence-corrected chi connectivity index (χ2v) is 6.22. The minimum Gasteiger partial charge on any atom is -0.312 e. The first-order valence-corrected chi connectivity index (χ1v) is 8.21. The monoisotopic (exact) mass is 292 g/mol. The lowest BCUT2D eigenvalue weighted by Gasteiger charge is -2.03. The van der Waals surface area contributed by atoms with Gasteiger partial charge in [-0.1, -0.05) is 20.8 Å². The predicted octanol–water partition coefficient (Wildman–Crippen LogP) is 2.93. The van der Waals surface area contributed by atoms with Crippen molar-refractivity contribution < 1.29 is 0 Å². The molecule has 0 atom stereocenters. The van der Waals surface area contributed by atoms with E-state index < -0.39 is 0 Å². The SMILES string of the molecule is CCNCc1cc(Cn2nc(CC)nc2CC)c(C)s1. The summed E-state index contributed by atoms with van der Waals surface area (Å²) in [4.78, 5) is 7.35. The van der Waals surface area contributed by atoms with Crippen LogP contribution in [-0.4, -0.2) is 21.3 Å². The second-order valence-electron chi connectivity index (χ2n) is 4.88. The van der Waals surface area contributed by atoms with Gasteiger partial charge in [-0.05, 0) is 25.1 Å². The molecule has 0 aliphatic rings. The van der Waals surface area contributed by atoms with Gasteiger partial charge in [-0.2, -0.15) is 5.10 Å². The smallest absolute Gasteiger partial charge is 0.150 e. The van der Waals surface area contributed by atoms with Gasteiger partial charge in [0.05, 0.1) is 6.54 Å². The number of hydrogen-bond donors (Lipinski definition) is 1. The molecule has 0 aromatic carbocycles. The van der Waals surface area contributed by atoms with Gasteiger partial charge in [0.15, 0.2) is 5.82 Å². The van der Waals surface area contributed by atoms with Crippen molar-refractivity contribution in [2.75, 3.05) is 6.54 Å². The minimum atomic E-state index is 0.838. The van der Waals surface area contributed by atoms with E-state index in [4.69, 9.17) is 0 Å². The predicted molar refractivity (Wildman–Crippen MR) is 84.3 cm³/mol. The molecule has 0 saturated heterocycles. The van der Waals surface area contributed by atoms with Gasteiger partial charge < -0.3 is 5.32 Å². The highest BCUT2D eigenvalue weighted by Crippen LogP contribution is 2.22. The van der Waals surface area contributed by atoms with Crippen LogP contribution >= 0.6 is 11.3 Å². The van der Waals surface area contributed by atoms with Crippen molar-refractivity contribution in [3.05, 3.63) is 33.0 Å². The molecule has 0 fully saturated rings. The molecule has 2 aromatic rings. The Morgan fingerprint density at radius 3 is 2.70 bits per heavy atom. The molecule has 2 rings (SSSR count). The van der Waals surface area contributed by atoms with Crippen molar-refractivity contribution >= 4 is 11.3 Å². The van der Waals surface area contributed by atoms with Crippen LogP contribution < -0.4 is 5.32 Å². The lowest BCUT2D eigenvalue weighted by molar-refractivity contribution is 0.636. The lowest BCUT2D eigenvalue weighted by atomic mass is 10.2. The fourth-order valence-electron chi connectivity index (χ4n) is 2.21. The molecule has 20 heavy (non-hydrogen) atoms. The third-order valence-electron chi connectivity index (χ3n) is 3.37. The van der Waals surface area contributed by atoms with E-state index in [1.165, 1.54) is 15.3 Å². The van der Waals surface area contributed by atoms with E-state index in [1.54, 1.807) is 0 Å². The van der Waals surface area contributed by atoms with Gasteiger partial charge in [-0.15, -0.1) is 11.3 Å². The van der Waals surface area contributed by atoms with Gasteiger partial charge in [-0.3, -0.25) is 0 Å². The topological polar surface area (TPSA) is 42.7 Å². The standard InChI is InChI=1S/C15H24N4S/c1-5-14-17-15(6-2)19(18-14)10-12-8-13(9-16-7-3)20-11(12)4/h8,16H,5-7,9-10H2,1-4H3. The summed E-state index contributed by atoms with van der Waals surface area (Å²) in [6.45, 7) is 11.4. The Labute approximate surface area is 125 Å². The van der Waals surface area contributed by atoms with Crippen LogP contribution in [0, 0.1) is 6.92 Å². The Hall–Kier alpha value is -1.20. The maximum absolute atomic E-state index is 4.60. The van der Waals surface area contributed by atoms with Gasteiger partial charge in [0.2, 0.25) is 0 Å². The molecule has 0 radical (unpaired) electrons. The fourth-order valence-corrected chi connectivity index (χ4v) is 3.23. The van der Waals surface area contributed by atoms with Gasteiger partial charge in [-0.25, -0.2) is 9.67 Å². The van der Waals surface area contributed by atoms with Gasteiger partial charge in [0, 0.05) is 29.1 Å². The number of rotatable bonds is 7. The maximum Gasteiger partial charge on any atom is 0.150 e. The first kappa shape index (κ1) is 15.2. The molecule has 0 bridgehead atoms. The Balaban J connectivity index is 2.16. The Kier molecular flexibility index (Phi) is 5.31. The average molecular weight is 292 g/mol. The fraction of sp³-hybridized carbons (Fsp3) is 0.600. The maximum atomic E-state index is 4.60. The molecule has 4 nitrogen and oxygen atoms in total. The summed E-state index contributed by atoms with van der Waals surface area (Å²) in [7, 11) is 0. The van der Waals surface area contributed by atoms with Crippen LogP contribution in [0.25, 0.3) is 0 Å². The normalized spacial score (nSPS) is 11.2. The summed E-state index contributed by atoms with van der Waals surface area (Å²) in [6, 6.07) is 2.30. The van der Waals surface area contributed by atoms with Gasteiger partial charge >= 0.3 is 0 Å². The Morgan fingerprint density at radius 1 is 1.25 bits per heavy atom. The zero-order valence-corrected chi connectivity index (χ0v) is 13.7. The van der Waals surface area contributed by atoms with Crippen molar-refractivity contribution in [2.24, 2.45) is 0 Å². The van der Waals surface area contributed by atoms with Crippen LogP contribution in [0.5, 0.6) is 0 Å². The average Bonchev–Trinajstić information content (AvgIpc) is 3.01. The molecule has 0 saturated carbocycles. The lowest BCUT2D eigenvalue weighted by Crippen LogP contribution is -2.10. The quantitative estimate of drug-likeness (QED) is 0.853. The van der Waals surface area contributed by atoms with Crippen molar-refractivity contribution in [2.45, 2.75) is 53.6 Å². The molecule has 0 unspecified atom stereocenters. The molecule has 2 heterocycles. The van der Waals surface area contributed by atoms with E-state index in [2.05, 4.69) is 53.8 Å². The molecule has 0 aliphatic carbocycles. The van der Waals surface area contributed by atoms with Crippen LogP contribution in [0.3, 0.4) is 0 Å². The van der Waals surface area contributed by atoms with Gasteiger partial charge in [0.25, 0.3) is 0 Å². The largest absolute Gasteiger partial charge is 0.312 e. The van der Waals surface area contributed by atoms with Crippen molar-refractivity contribution in [1.82, 2.24) is 20.1 Å². The highest BCUT2D eigenvalue weighted by Gasteiger charge is 2.11. The van der Waals surface area contributed by atoms with E-state index >= 15 is 0 Å². The molecule has 1 N–H and O–H groups in total. The summed E-state index contributed by atoms with van der Waals surface area (Å²) >= 11 is 1.88. The Bertz CT molecular complexity index is 556. The first-order chi connectivity index (χ1) is 9.67.